The summed E-state index contributed by atoms with van der Waals surface area (Å²) >= 11 is 0. The van der Waals surface area contributed by atoms with Gasteiger partial charge in [0, 0.05) is 17.0 Å². The van der Waals surface area contributed by atoms with E-state index in [4.69, 9.17) is 4.74 Å². The Morgan fingerprint density at radius 3 is 2.19 bits per heavy atom. The van der Waals surface area contributed by atoms with E-state index >= 15 is 4.39 Å². The maximum absolute atomic E-state index is 15.0. The minimum Gasteiger partial charge on any atom is -0.373 e. The Hall–Kier alpha value is -2.85. The Bertz CT molecular complexity index is 1170. The second kappa shape index (κ2) is 12.4. The average Bonchev–Trinajstić information content (AvgIpc) is 2.90. The number of ether oxygens (including phenoxy) is 1. The minimum atomic E-state index is -0.824. The van der Waals surface area contributed by atoms with Gasteiger partial charge in [-0.05, 0) is 60.9 Å². The monoisotopic (exact) mass is 492 g/mol. The molecule has 1 aliphatic rings. The zero-order valence-corrected chi connectivity index (χ0v) is 21.2. The molecular formula is C32H35F3O. The van der Waals surface area contributed by atoms with Gasteiger partial charge in [-0.1, -0.05) is 86.9 Å². The van der Waals surface area contributed by atoms with Crippen LogP contribution in [0.2, 0.25) is 0 Å². The van der Waals surface area contributed by atoms with Crippen molar-refractivity contribution in [3.63, 3.8) is 0 Å². The number of unbranched alkanes of at least 4 members (excludes halogenated alkanes) is 3. The van der Waals surface area contributed by atoms with Gasteiger partial charge in [-0.25, -0.2) is 13.2 Å². The maximum Gasteiger partial charge on any atom is 0.166 e. The minimum absolute atomic E-state index is 0.0927. The largest absolute Gasteiger partial charge is 0.373 e. The molecule has 1 aliphatic heterocycles. The van der Waals surface area contributed by atoms with Crippen LogP contribution in [0.5, 0.6) is 0 Å². The van der Waals surface area contributed by atoms with Gasteiger partial charge in [0.1, 0.15) is 5.82 Å². The first-order valence-electron chi connectivity index (χ1n) is 13.1. The molecule has 1 saturated heterocycles. The van der Waals surface area contributed by atoms with E-state index in [1.165, 1.54) is 0 Å². The molecule has 0 N–H and O–H groups in total. The van der Waals surface area contributed by atoms with E-state index in [2.05, 4.69) is 13.0 Å². The molecule has 1 nitrogen and oxygen atoms in total. The molecule has 1 fully saturated rings. The molecule has 1 heterocycles. The van der Waals surface area contributed by atoms with Crippen LogP contribution in [0.3, 0.4) is 0 Å². The molecule has 0 aromatic heterocycles. The van der Waals surface area contributed by atoms with E-state index in [9.17, 15) is 8.78 Å². The molecule has 3 aromatic rings. The lowest BCUT2D eigenvalue weighted by molar-refractivity contribution is -0.00538. The van der Waals surface area contributed by atoms with Crippen molar-refractivity contribution in [2.45, 2.75) is 64.9 Å². The summed E-state index contributed by atoms with van der Waals surface area (Å²) in [6.45, 7) is 4.78. The Morgan fingerprint density at radius 2 is 1.56 bits per heavy atom. The lowest BCUT2D eigenvalue weighted by Gasteiger charge is -2.28. The van der Waals surface area contributed by atoms with Crippen molar-refractivity contribution in [2.24, 2.45) is 5.92 Å². The molecule has 0 radical (unpaired) electrons. The second-order valence-corrected chi connectivity index (χ2v) is 9.71. The number of rotatable bonds is 9. The Balaban J connectivity index is 1.46. The van der Waals surface area contributed by atoms with Gasteiger partial charge in [0.15, 0.2) is 11.6 Å². The van der Waals surface area contributed by atoms with Crippen LogP contribution in [0, 0.1) is 23.4 Å². The summed E-state index contributed by atoms with van der Waals surface area (Å²) in [5.74, 6) is -1.48. The van der Waals surface area contributed by atoms with Crippen molar-refractivity contribution in [3.8, 4) is 22.3 Å². The zero-order chi connectivity index (χ0) is 25.5. The van der Waals surface area contributed by atoms with Crippen LogP contribution in [0.25, 0.3) is 22.3 Å². The lowest BCUT2D eigenvalue weighted by Crippen LogP contribution is -2.19. The highest BCUT2D eigenvalue weighted by Gasteiger charge is 2.22. The highest BCUT2D eigenvalue weighted by Crippen LogP contribution is 2.34. The molecule has 0 aliphatic carbocycles. The summed E-state index contributed by atoms with van der Waals surface area (Å²) in [7, 11) is 0. The Morgan fingerprint density at radius 1 is 0.833 bits per heavy atom. The molecule has 0 amide bonds. The van der Waals surface area contributed by atoms with Crippen molar-refractivity contribution in [1.82, 2.24) is 0 Å². The Kier molecular flexibility index (Phi) is 9.03. The third-order valence-electron chi connectivity index (χ3n) is 7.11. The average molecular weight is 493 g/mol. The van der Waals surface area contributed by atoms with E-state index in [0.29, 0.717) is 41.2 Å². The van der Waals surface area contributed by atoms with E-state index < -0.39 is 11.6 Å². The molecule has 0 saturated carbocycles. The normalized spacial score (nSPS) is 18.1. The molecule has 3 aromatic carbocycles. The van der Waals surface area contributed by atoms with Gasteiger partial charge in [0.25, 0.3) is 0 Å². The smallest absolute Gasteiger partial charge is 0.166 e. The van der Waals surface area contributed by atoms with Crippen LogP contribution >= 0.6 is 0 Å². The quantitative estimate of drug-likeness (QED) is 0.213. The fourth-order valence-electron chi connectivity index (χ4n) is 5.00. The van der Waals surface area contributed by atoms with Crippen LogP contribution < -0.4 is 0 Å². The predicted octanol–water partition coefficient (Wildman–Crippen LogP) is 9.60. The van der Waals surface area contributed by atoms with Gasteiger partial charge in [-0.2, -0.15) is 0 Å². The first-order valence-corrected chi connectivity index (χ1v) is 13.1. The van der Waals surface area contributed by atoms with Crippen molar-refractivity contribution in [1.29, 1.82) is 0 Å². The van der Waals surface area contributed by atoms with Gasteiger partial charge in [-0.15, -0.1) is 0 Å². The summed E-state index contributed by atoms with van der Waals surface area (Å²) in [4.78, 5) is 0. The number of hydrogen-bond donors (Lipinski definition) is 0. The molecule has 4 rings (SSSR count). The van der Waals surface area contributed by atoms with E-state index in [-0.39, 0.29) is 17.5 Å². The van der Waals surface area contributed by atoms with Crippen LogP contribution in [0.1, 0.15) is 69.6 Å². The summed E-state index contributed by atoms with van der Waals surface area (Å²) in [5.41, 5.74) is 3.22. The molecule has 190 valence electrons. The molecule has 2 atom stereocenters. The molecule has 36 heavy (non-hydrogen) atoms. The third-order valence-corrected chi connectivity index (χ3v) is 7.11. The molecule has 4 heteroatoms. The van der Waals surface area contributed by atoms with Gasteiger partial charge in [0.05, 0.1) is 12.7 Å². The Labute approximate surface area is 213 Å². The van der Waals surface area contributed by atoms with Crippen molar-refractivity contribution >= 4 is 0 Å². The highest BCUT2D eigenvalue weighted by atomic mass is 19.2. The predicted molar refractivity (Wildman–Crippen MR) is 141 cm³/mol. The van der Waals surface area contributed by atoms with Crippen LogP contribution in [0.15, 0.2) is 66.7 Å². The fourth-order valence-corrected chi connectivity index (χ4v) is 5.00. The zero-order valence-electron chi connectivity index (χ0n) is 21.2. The maximum atomic E-state index is 15.0. The number of benzene rings is 3. The summed E-state index contributed by atoms with van der Waals surface area (Å²) in [6, 6.07) is 15.5. The van der Waals surface area contributed by atoms with Gasteiger partial charge in [0.2, 0.25) is 0 Å². The van der Waals surface area contributed by atoms with Crippen LogP contribution in [0.4, 0.5) is 13.2 Å². The van der Waals surface area contributed by atoms with E-state index in [0.717, 1.165) is 44.1 Å². The van der Waals surface area contributed by atoms with Crippen LogP contribution in [-0.2, 0) is 11.2 Å². The van der Waals surface area contributed by atoms with Crippen molar-refractivity contribution in [2.75, 3.05) is 6.61 Å². The van der Waals surface area contributed by atoms with Gasteiger partial charge < -0.3 is 4.74 Å². The summed E-state index contributed by atoms with van der Waals surface area (Å²) < 4.78 is 50.5. The van der Waals surface area contributed by atoms with Crippen LogP contribution in [-0.4, -0.2) is 6.61 Å². The topological polar surface area (TPSA) is 9.23 Å². The molecule has 0 spiro atoms. The van der Waals surface area contributed by atoms with Gasteiger partial charge >= 0.3 is 0 Å². The lowest BCUT2D eigenvalue weighted by atomic mass is 9.93. The number of allylic oxidation sites excluding steroid dienone is 1. The second-order valence-electron chi connectivity index (χ2n) is 9.71. The van der Waals surface area contributed by atoms with Crippen molar-refractivity contribution < 1.29 is 17.9 Å². The first kappa shape index (κ1) is 26.2. The third kappa shape index (κ3) is 6.10. The number of hydrogen-bond acceptors (Lipinski definition) is 1. The summed E-state index contributed by atoms with van der Waals surface area (Å²) in [5, 5.41) is 0. The standard InChI is InChI=1S/C32H35F3O/c1-3-5-6-7-9-25-15-18-28(32(35)31(25)34)24-13-11-23(12-14-24)27-17-16-26(20-29(27)33)30-19-10-22(8-4-2)21-36-30/h4,8,11-18,20,22,30H,3,5-7,9-10,19,21H2,1-2H3. The van der Waals surface area contributed by atoms with E-state index in [1.807, 2.05) is 19.1 Å². The molecule has 0 bridgehead atoms. The summed E-state index contributed by atoms with van der Waals surface area (Å²) in [6.07, 6.45) is 10.6. The fraction of sp³-hybridized carbons (Fsp3) is 0.375. The van der Waals surface area contributed by atoms with E-state index in [1.54, 1.807) is 48.5 Å². The first-order chi connectivity index (χ1) is 17.5. The molecular weight excluding hydrogens is 457 g/mol. The SMILES string of the molecule is CC=CC1CCC(c2ccc(-c3ccc(-c4ccc(CCCCCC)c(F)c4F)cc3)c(F)c2)OC1. The number of aryl methyl sites for hydroxylation is 1. The number of halogens is 3. The highest BCUT2D eigenvalue weighted by molar-refractivity contribution is 5.71. The van der Waals surface area contributed by atoms with Gasteiger partial charge in [-0.3, -0.25) is 0 Å². The molecule has 2 unspecified atom stereocenters. The van der Waals surface area contributed by atoms with Crippen molar-refractivity contribution in [3.05, 3.63) is 95.3 Å².